The van der Waals surface area contributed by atoms with Crippen LogP contribution in [-0.4, -0.2) is 37.2 Å². The Morgan fingerprint density at radius 1 is 0.968 bits per heavy atom. The van der Waals surface area contributed by atoms with Gasteiger partial charge in [-0.3, -0.25) is 14.5 Å². The third kappa shape index (κ3) is 4.21. The summed E-state index contributed by atoms with van der Waals surface area (Å²) in [4.78, 5) is 27.8. The number of hydrogen-bond acceptors (Lipinski definition) is 6. The molecule has 0 bridgehead atoms. The molecular weight excluding hydrogens is 396 g/mol. The molecule has 0 saturated carbocycles. The fourth-order valence-corrected chi connectivity index (χ4v) is 3.74. The summed E-state index contributed by atoms with van der Waals surface area (Å²) in [6.45, 7) is 2.70. The summed E-state index contributed by atoms with van der Waals surface area (Å²) in [6, 6.07) is 12.5. The van der Waals surface area contributed by atoms with Crippen LogP contribution in [0.4, 0.5) is 5.69 Å². The van der Waals surface area contributed by atoms with Gasteiger partial charge in [0.25, 0.3) is 11.8 Å². The van der Waals surface area contributed by atoms with Crippen molar-refractivity contribution in [3.63, 3.8) is 0 Å². The molecule has 31 heavy (non-hydrogen) atoms. The summed E-state index contributed by atoms with van der Waals surface area (Å²) in [5, 5.41) is 3.16. The van der Waals surface area contributed by atoms with E-state index in [1.165, 1.54) is 4.90 Å². The Balaban J connectivity index is 1.65. The third-order valence-corrected chi connectivity index (χ3v) is 5.42. The van der Waals surface area contributed by atoms with Crippen LogP contribution < -0.4 is 19.5 Å². The number of anilines is 1. The number of hydrogen-bond donors (Lipinski definition) is 1. The number of methoxy groups -OCH3 is 1. The Bertz CT molecular complexity index is 1010. The van der Waals surface area contributed by atoms with E-state index in [-0.39, 0.29) is 24.3 Å². The Kier molecular flexibility index (Phi) is 6.11. The molecule has 0 saturated heterocycles. The van der Waals surface area contributed by atoms with E-state index in [4.69, 9.17) is 14.2 Å². The lowest BCUT2D eigenvalue weighted by molar-refractivity contribution is -0.136. The molecule has 0 spiro atoms. The molecule has 0 fully saturated rings. The lowest BCUT2D eigenvalue weighted by Gasteiger charge is -2.15. The van der Waals surface area contributed by atoms with E-state index in [0.29, 0.717) is 40.6 Å². The average Bonchev–Trinajstić information content (AvgIpc) is 3.34. The summed E-state index contributed by atoms with van der Waals surface area (Å²) < 4.78 is 16.0. The van der Waals surface area contributed by atoms with Crippen molar-refractivity contribution in [3.8, 4) is 17.2 Å². The lowest BCUT2D eigenvalue weighted by atomic mass is 10.0. The van der Waals surface area contributed by atoms with E-state index in [0.717, 1.165) is 25.7 Å². The molecule has 2 heterocycles. The topological polar surface area (TPSA) is 77.1 Å². The molecule has 7 heteroatoms. The van der Waals surface area contributed by atoms with E-state index in [2.05, 4.69) is 12.2 Å². The van der Waals surface area contributed by atoms with Crippen molar-refractivity contribution in [1.82, 2.24) is 4.90 Å². The first-order chi connectivity index (χ1) is 15.1. The van der Waals surface area contributed by atoms with Crippen LogP contribution in [0.1, 0.15) is 38.2 Å². The number of ether oxygens (including phenoxy) is 3. The molecule has 162 valence electrons. The van der Waals surface area contributed by atoms with E-state index >= 15 is 0 Å². The second-order valence-electron chi connectivity index (χ2n) is 7.49. The van der Waals surface area contributed by atoms with Crippen LogP contribution in [0, 0.1) is 0 Å². The summed E-state index contributed by atoms with van der Waals surface area (Å²) in [5.74, 6) is 1.34. The van der Waals surface area contributed by atoms with Crippen molar-refractivity contribution in [2.24, 2.45) is 0 Å². The molecule has 2 amide bonds. The van der Waals surface area contributed by atoms with E-state index in [1.54, 1.807) is 49.6 Å². The zero-order valence-corrected chi connectivity index (χ0v) is 17.8. The van der Waals surface area contributed by atoms with Crippen LogP contribution in [0.2, 0.25) is 0 Å². The van der Waals surface area contributed by atoms with Crippen LogP contribution in [0.25, 0.3) is 5.57 Å². The Morgan fingerprint density at radius 3 is 2.48 bits per heavy atom. The van der Waals surface area contributed by atoms with Crippen molar-refractivity contribution < 1.29 is 23.8 Å². The molecular formula is C24H26N2O5. The molecule has 0 aliphatic carbocycles. The van der Waals surface area contributed by atoms with Gasteiger partial charge in [0.05, 0.1) is 12.7 Å². The van der Waals surface area contributed by atoms with E-state index in [9.17, 15) is 9.59 Å². The second-order valence-corrected chi connectivity index (χ2v) is 7.49. The number of unbranched alkanes of at least 4 members (excludes halogenated alkanes) is 3. The maximum absolute atomic E-state index is 13.3. The number of benzene rings is 2. The highest BCUT2D eigenvalue weighted by molar-refractivity contribution is 6.36. The maximum Gasteiger partial charge on any atom is 0.278 e. The van der Waals surface area contributed by atoms with Gasteiger partial charge < -0.3 is 19.5 Å². The predicted molar refractivity (Wildman–Crippen MR) is 117 cm³/mol. The monoisotopic (exact) mass is 422 g/mol. The maximum atomic E-state index is 13.3. The number of carbonyl (C=O) groups excluding carboxylic acids is 2. The molecule has 2 aromatic rings. The standard InChI is InChI=1S/C24H26N2O5/c1-3-4-5-6-13-26-23(27)21(16-7-10-18(29-2)11-8-16)22(24(26)28)25-17-9-12-19-20(14-17)31-15-30-19/h7-12,14,25H,3-6,13,15H2,1-2H3. The minimum atomic E-state index is -0.315. The third-order valence-electron chi connectivity index (χ3n) is 5.42. The molecule has 2 aliphatic rings. The van der Waals surface area contributed by atoms with Crippen molar-refractivity contribution >= 4 is 23.1 Å². The minimum absolute atomic E-state index is 0.168. The van der Waals surface area contributed by atoms with Gasteiger partial charge >= 0.3 is 0 Å². The second kappa shape index (κ2) is 9.12. The van der Waals surface area contributed by atoms with Gasteiger partial charge in [-0.15, -0.1) is 0 Å². The number of nitrogens with one attached hydrogen (secondary N) is 1. The zero-order valence-electron chi connectivity index (χ0n) is 17.8. The lowest BCUT2D eigenvalue weighted by Crippen LogP contribution is -2.33. The van der Waals surface area contributed by atoms with Crippen molar-refractivity contribution in [2.45, 2.75) is 32.6 Å². The molecule has 4 rings (SSSR count). The first kappa shape index (κ1) is 20.8. The summed E-state index contributed by atoms with van der Waals surface area (Å²) in [6.07, 6.45) is 3.94. The zero-order chi connectivity index (χ0) is 21.8. The first-order valence-corrected chi connectivity index (χ1v) is 10.5. The number of imide groups is 1. The van der Waals surface area contributed by atoms with Crippen LogP contribution in [0.15, 0.2) is 48.2 Å². The first-order valence-electron chi connectivity index (χ1n) is 10.5. The number of fused-ring (bicyclic) bond motifs is 1. The fourth-order valence-electron chi connectivity index (χ4n) is 3.74. The van der Waals surface area contributed by atoms with Gasteiger partial charge in [-0.05, 0) is 36.2 Å². The predicted octanol–water partition coefficient (Wildman–Crippen LogP) is 4.20. The highest BCUT2D eigenvalue weighted by Crippen LogP contribution is 2.36. The smallest absolute Gasteiger partial charge is 0.278 e. The van der Waals surface area contributed by atoms with E-state index in [1.807, 2.05) is 0 Å². The van der Waals surface area contributed by atoms with Gasteiger partial charge in [0.1, 0.15) is 11.4 Å². The normalized spacial score (nSPS) is 15.1. The molecule has 2 aliphatic heterocycles. The Morgan fingerprint density at radius 2 is 1.74 bits per heavy atom. The van der Waals surface area contributed by atoms with Gasteiger partial charge in [-0.1, -0.05) is 38.3 Å². The molecule has 0 aromatic heterocycles. The molecule has 7 nitrogen and oxygen atoms in total. The molecule has 0 atom stereocenters. The summed E-state index contributed by atoms with van der Waals surface area (Å²) >= 11 is 0. The number of carbonyl (C=O) groups is 2. The number of rotatable bonds is 9. The van der Waals surface area contributed by atoms with Crippen molar-refractivity contribution in [3.05, 3.63) is 53.7 Å². The van der Waals surface area contributed by atoms with Gasteiger partial charge in [0.2, 0.25) is 6.79 Å². The average molecular weight is 422 g/mol. The number of amides is 2. The Hall–Kier alpha value is -3.48. The summed E-state index contributed by atoms with van der Waals surface area (Å²) in [7, 11) is 1.59. The number of nitrogens with zero attached hydrogens (tertiary/aromatic N) is 1. The molecule has 0 radical (unpaired) electrons. The minimum Gasteiger partial charge on any atom is -0.497 e. The van der Waals surface area contributed by atoms with E-state index < -0.39 is 0 Å². The summed E-state index contributed by atoms with van der Waals surface area (Å²) in [5.41, 5.74) is 1.95. The van der Waals surface area contributed by atoms with Gasteiger partial charge in [-0.2, -0.15) is 0 Å². The molecule has 0 unspecified atom stereocenters. The largest absolute Gasteiger partial charge is 0.497 e. The highest BCUT2D eigenvalue weighted by Gasteiger charge is 2.39. The van der Waals surface area contributed by atoms with Crippen LogP contribution in [-0.2, 0) is 9.59 Å². The van der Waals surface area contributed by atoms with Crippen LogP contribution >= 0.6 is 0 Å². The highest BCUT2D eigenvalue weighted by atomic mass is 16.7. The Labute approximate surface area is 181 Å². The quantitative estimate of drug-likeness (QED) is 0.482. The van der Waals surface area contributed by atoms with Crippen molar-refractivity contribution in [2.75, 3.05) is 25.8 Å². The van der Waals surface area contributed by atoms with Gasteiger partial charge in [0, 0.05) is 18.3 Å². The van der Waals surface area contributed by atoms with Gasteiger partial charge in [0.15, 0.2) is 11.5 Å². The fraction of sp³-hybridized carbons (Fsp3) is 0.333. The van der Waals surface area contributed by atoms with Crippen LogP contribution in [0.5, 0.6) is 17.2 Å². The van der Waals surface area contributed by atoms with Gasteiger partial charge in [-0.25, -0.2) is 0 Å². The molecule has 1 N–H and O–H groups in total. The van der Waals surface area contributed by atoms with Crippen LogP contribution in [0.3, 0.4) is 0 Å². The molecule has 2 aromatic carbocycles. The van der Waals surface area contributed by atoms with Crippen molar-refractivity contribution in [1.29, 1.82) is 0 Å². The SMILES string of the molecule is CCCCCCN1C(=O)C(Nc2ccc3c(c2)OCO3)=C(c2ccc(OC)cc2)C1=O.